The molecule has 1 aliphatic carbocycles. The van der Waals surface area contributed by atoms with Crippen LogP contribution >= 0.6 is 34.7 Å². The molecule has 0 radical (unpaired) electrons. The van der Waals surface area contributed by atoms with Crippen molar-refractivity contribution in [1.29, 1.82) is 0 Å². The van der Waals surface area contributed by atoms with E-state index in [1.54, 1.807) is 13.0 Å². The molecule has 0 aliphatic heterocycles. The van der Waals surface area contributed by atoms with Crippen molar-refractivity contribution < 1.29 is 19.1 Å². The molecule has 1 aromatic carbocycles. The minimum Gasteiger partial charge on any atom is -0.493 e. The summed E-state index contributed by atoms with van der Waals surface area (Å²) in [7, 11) is 0. The number of benzene rings is 1. The number of allylic oxidation sites excluding steroid dienone is 1. The maximum absolute atomic E-state index is 13.0. The van der Waals surface area contributed by atoms with Crippen molar-refractivity contribution in [1.82, 2.24) is 14.8 Å². The normalized spacial score (nSPS) is 12.9. The smallest absolute Gasteiger partial charge is 0.341 e. The minimum absolute atomic E-state index is 0.138. The van der Waals surface area contributed by atoms with Crippen molar-refractivity contribution in [2.24, 2.45) is 0 Å². The molecule has 1 amide bonds. The van der Waals surface area contributed by atoms with E-state index in [9.17, 15) is 9.59 Å². The molecule has 0 atom stereocenters. The quantitative estimate of drug-likeness (QED) is 0.0767. The Labute approximate surface area is 248 Å². The van der Waals surface area contributed by atoms with Crippen LogP contribution in [0.1, 0.15) is 64.8 Å². The summed E-state index contributed by atoms with van der Waals surface area (Å²) in [4.78, 5) is 27.0. The first-order chi connectivity index (χ1) is 19.4. The highest BCUT2D eigenvalue weighted by atomic mass is 35.5. The fraction of sp³-hybridized carbons (Fsp3) is 0.448. The Bertz CT molecular complexity index is 1350. The van der Waals surface area contributed by atoms with Gasteiger partial charge in [-0.25, -0.2) is 4.79 Å². The average Bonchev–Trinajstić information content (AvgIpc) is 3.38. The van der Waals surface area contributed by atoms with Crippen LogP contribution in [0.5, 0.6) is 5.75 Å². The van der Waals surface area contributed by atoms with Gasteiger partial charge in [0.05, 0.1) is 24.5 Å². The molecule has 4 rings (SSSR count). The first-order valence-electron chi connectivity index (χ1n) is 13.6. The van der Waals surface area contributed by atoms with Crippen molar-refractivity contribution >= 4 is 51.6 Å². The number of amides is 1. The number of nitrogens with one attached hydrogen (secondary N) is 1. The SMILES string of the molecule is C=CCn1c(CCCOc2ccc(Cl)cc2C)nnc1SCC(=O)Nc1sc2c(c1C(=O)OCC)CCCCC2. The monoisotopic (exact) mass is 602 g/mol. The minimum atomic E-state index is -0.365. The lowest BCUT2D eigenvalue weighted by Gasteiger charge is -2.10. The van der Waals surface area contributed by atoms with E-state index in [-0.39, 0.29) is 17.6 Å². The Hall–Kier alpha value is -2.82. The van der Waals surface area contributed by atoms with E-state index in [4.69, 9.17) is 21.1 Å². The maximum Gasteiger partial charge on any atom is 0.341 e. The van der Waals surface area contributed by atoms with Gasteiger partial charge in [-0.2, -0.15) is 0 Å². The molecule has 3 aromatic rings. The third kappa shape index (κ3) is 7.67. The largest absolute Gasteiger partial charge is 0.493 e. The van der Waals surface area contributed by atoms with Crippen LogP contribution in [0.25, 0.3) is 0 Å². The third-order valence-corrected chi connectivity index (χ3v) is 8.94. The summed E-state index contributed by atoms with van der Waals surface area (Å²) in [6.45, 7) is 8.97. The van der Waals surface area contributed by atoms with Gasteiger partial charge in [0.2, 0.25) is 5.91 Å². The molecular weight excluding hydrogens is 568 g/mol. The zero-order valence-electron chi connectivity index (χ0n) is 23.0. The van der Waals surface area contributed by atoms with Crippen LogP contribution in [0.15, 0.2) is 36.0 Å². The summed E-state index contributed by atoms with van der Waals surface area (Å²) in [6.07, 6.45) is 8.24. The molecule has 0 unspecified atom stereocenters. The number of nitrogens with zero attached hydrogens (tertiary/aromatic N) is 3. The van der Waals surface area contributed by atoms with Crippen LogP contribution in [-0.4, -0.2) is 45.6 Å². The molecule has 11 heteroatoms. The van der Waals surface area contributed by atoms with E-state index in [0.717, 1.165) is 61.2 Å². The van der Waals surface area contributed by atoms with Crippen LogP contribution in [0.2, 0.25) is 5.02 Å². The van der Waals surface area contributed by atoms with Gasteiger partial charge in [-0.15, -0.1) is 28.1 Å². The van der Waals surface area contributed by atoms with Crippen LogP contribution in [0.4, 0.5) is 5.00 Å². The van der Waals surface area contributed by atoms with Gasteiger partial charge in [-0.1, -0.05) is 35.9 Å². The number of thiophene rings is 1. The van der Waals surface area contributed by atoms with Crippen LogP contribution in [0, 0.1) is 6.92 Å². The molecule has 40 heavy (non-hydrogen) atoms. The van der Waals surface area contributed by atoms with E-state index in [2.05, 4.69) is 22.1 Å². The molecule has 1 N–H and O–H groups in total. The number of fused-ring (bicyclic) bond motifs is 1. The van der Waals surface area contributed by atoms with Gasteiger partial charge < -0.3 is 19.4 Å². The summed E-state index contributed by atoms with van der Waals surface area (Å²) in [5.74, 6) is 1.20. The standard InChI is InChI=1S/C29H35ClN4O4S2/c1-4-15-34-24(12-9-16-38-22-14-13-20(30)17-19(22)3)32-33-29(34)39-18-25(35)31-27-26(28(36)37-5-2)21-10-7-6-8-11-23(21)40-27/h4,13-14,17H,1,5-12,15-16,18H2,2-3H3,(H,31,35). The number of hydrogen-bond donors (Lipinski definition) is 1. The van der Waals surface area contributed by atoms with Crippen molar-refractivity contribution in [2.45, 2.75) is 70.5 Å². The number of esters is 1. The lowest BCUT2D eigenvalue weighted by atomic mass is 10.1. The third-order valence-electron chi connectivity index (χ3n) is 6.53. The Balaban J connectivity index is 1.36. The summed E-state index contributed by atoms with van der Waals surface area (Å²) in [5.41, 5.74) is 2.55. The predicted molar refractivity (Wildman–Crippen MR) is 161 cm³/mol. The number of thioether (sulfide) groups is 1. The Morgan fingerprint density at radius 1 is 1.25 bits per heavy atom. The summed E-state index contributed by atoms with van der Waals surface area (Å²) in [6, 6.07) is 5.57. The highest BCUT2D eigenvalue weighted by molar-refractivity contribution is 7.99. The fourth-order valence-corrected chi connectivity index (χ4v) is 6.94. The lowest BCUT2D eigenvalue weighted by Crippen LogP contribution is -2.17. The van der Waals surface area contributed by atoms with Crippen LogP contribution in [0.3, 0.4) is 0 Å². The second-order valence-electron chi connectivity index (χ2n) is 9.49. The summed E-state index contributed by atoms with van der Waals surface area (Å²) >= 11 is 8.84. The summed E-state index contributed by atoms with van der Waals surface area (Å²) in [5, 5.41) is 13.6. The van der Waals surface area contributed by atoms with Crippen molar-refractivity contribution in [3.05, 3.63) is 63.3 Å². The molecule has 214 valence electrons. The zero-order chi connectivity index (χ0) is 28.5. The molecule has 0 saturated carbocycles. The Morgan fingerprint density at radius 2 is 2.08 bits per heavy atom. The number of halogens is 1. The number of aryl methyl sites for hydroxylation is 3. The Kier molecular flexibility index (Phi) is 11.1. The second kappa shape index (κ2) is 14.7. The number of aromatic nitrogens is 3. The van der Waals surface area contributed by atoms with E-state index >= 15 is 0 Å². The topological polar surface area (TPSA) is 95.3 Å². The van der Waals surface area contributed by atoms with Gasteiger partial charge in [0.15, 0.2) is 5.16 Å². The number of rotatable bonds is 13. The summed E-state index contributed by atoms with van der Waals surface area (Å²) < 4.78 is 13.2. The lowest BCUT2D eigenvalue weighted by molar-refractivity contribution is -0.113. The average molecular weight is 603 g/mol. The Morgan fingerprint density at radius 3 is 2.85 bits per heavy atom. The van der Waals surface area contributed by atoms with Gasteiger partial charge in [-0.05, 0) is 75.3 Å². The van der Waals surface area contributed by atoms with E-state index in [1.807, 2.05) is 29.7 Å². The number of carbonyl (C=O) groups is 2. The molecule has 0 saturated heterocycles. The van der Waals surface area contributed by atoms with E-state index in [0.29, 0.717) is 46.9 Å². The number of anilines is 1. The first-order valence-corrected chi connectivity index (χ1v) is 15.8. The van der Waals surface area contributed by atoms with Crippen molar-refractivity contribution in [2.75, 3.05) is 24.3 Å². The van der Waals surface area contributed by atoms with Gasteiger partial charge in [0.1, 0.15) is 16.6 Å². The molecule has 8 nitrogen and oxygen atoms in total. The molecule has 0 spiro atoms. The molecule has 0 fully saturated rings. The van der Waals surface area contributed by atoms with E-state index in [1.165, 1.54) is 28.0 Å². The maximum atomic E-state index is 13.0. The van der Waals surface area contributed by atoms with Gasteiger partial charge in [0.25, 0.3) is 0 Å². The number of ether oxygens (including phenoxy) is 2. The molecule has 2 aromatic heterocycles. The first kappa shape index (κ1) is 30.1. The van der Waals surface area contributed by atoms with Crippen LogP contribution in [-0.2, 0) is 35.3 Å². The molecule has 2 heterocycles. The number of carbonyl (C=O) groups excluding carboxylic acids is 2. The van der Waals surface area contributed by atoms with Gasteiger partial charge in [0, 0.05) is 22.9 Å². The second-order valence-corrected chi connectivity index (χ2v) is 12.0. The molecule has 0 bridgehead atoms. The molecular formula is C29H35ClN4O4S2. The van der Waals surface area contributed by atoms with Gasteiger partial charge >= 0.3 is 5.97 Å². The fourth-order valence-electron chi connectivity index (χ4n) is 4.65. The number of hydrogen-bond acceptors (Lipinski definition) is 8. The van der Waals surface area contributed by atoms with Crippen molar-refractivity contribution in [3.63, 3.8) is 0 Å². The predicted octanol–water partition coefficient (Wildman–Crippen LogP) is 6.68. The highest BCUT2D eigenvalue weighted by Crippen LogP contribution is 2.38. The zero-order valence-corrected chi connectivity index (χ0v) is 25.4. The highest BCUT2D eigenvalue weighted by Gasteiger charge is 2.27. The molecule has 1 aliphatic rings. The van der Waals surface area contributed by atoms with Crippen molar-refractivity contribution in [3.8, 4) is 5.75 Å². The van der Waals surface area contributed by atoms with Gasteiger partial charge in [-0.3, -0.25) is 4.79 Å². The van der Waals surface area contributed by atoms with E-state index < -0.39 is 0 Å². The van der Waals surface area contributed by atoms with Crippen LogP contribution < -0.4 is 10.1 Å².